The van der Waals surface area contributed by atoms with Crippen LogP contribution in [0.1, 0.15) is 12.5 Å². The number of para-hydroxylation sites is 1. The second-order valence-corrected chi connectivity index (χ2v) is 9.34. The van der Waals surface area contributed by atoms with Crippen molar-refractivity contribution < 1.29 is 32.2 Å². The van der Waals surface area contributed by atoms with Gasteiger partial charge in [-0.15, -0.1) is 0 Å². The Hall–Kier alpha value is -4.38. The van der Waals surface area contributed by atoms with Gasteiger partial charge < -0.3 is 14.2 Å². The van der Waals surface area contributed by atoms with E-state index < -0.39 is 28.4 Å². The number of nitrogens with one attached hydrogen (secondary N) is 1. The minimum atomic E-state index is -4.07. The first kappa shape index (κ1) is 27.2. The first-order chi connectivity index (χ1) is 17.8. The molecule has 0 aliphatic heterocycles. The predicted molar refractivity (Wildman–Crippen MR) is 138 cm³/mol. The number of benzene rings is 3. The third-order valence-electron chi connectivity index (χ3n) is 4.90. The lowest BCUT2D eigenvalue weighted by Crippen LogP contribution is -2.39. The minimum Gasteiger partial charge on any atom is -0.494 e. The first-order valence-electron chi connectivity index (χ1n) is 11.3. The highest BCUT2D eigenvalue weighted by atomic mass is 32.2. The molecule has 11 heteroatoms. The number of anilines is 1. The SMILES string of the molecule is CCOc1ccc(S(=O)(=O)N(CC(=O)N/N=C\c2cccc(OCC(=O)OC)c2)c2ccccc2)cc1. The average molecular weight is 526 g/mol. The molecule has 0 aliphatic carbocycles. The van der Waals surface area contributed by atoms with Crippen LogP contribution in [0.4, 0.5) is 5.69 Å². The van der Waals surface area contributed by atoms with Crippen LogP contribution in [0, 0.1) is 0 Å². The smallest absolute Gasteiger partial charge is 0.343 e. The maximum Gasteiger partial charge on any atom is 0.343 e. The van der Waals surface area contributed by atoms with E-state index in [0.717, 1.165) is 4.31 Å². The number of hydrogen-bond acceptors (Lipinski definition) is 8. The van der Waals surface area contributed by atoms with Gasteiger partial charge in [0.15, 0.2) is 6.61 Å². The van der Waals surface area contributed by atoms with E-state index in [0.29, 0.717) is 29.4 Å². The summed E-state index contributed by atoms with van der Waals surface area (Å²) in [6, 6.07) is 21.0. The Morgan fingerprint density at radius 3 is 2.35 bits per heavy atom. The van der Waals surface area contributed by atoms with Gasteiger partial charge in [0.25, 0.3) is 15.9 Å². The van der Waals surface area contributed by atoms with E-state index in [4.69, 9.17) is 9.47 Å². The summed E-state index contributed by atoms with van der Waals surface area (Å²) < 4.78 is 43.1. The van der Waals surface area contributed by atoms with Crippen LogP contribution >= 0.6 is 0 Å². The normalized spacial score (nSPS) is 11.1. The summed E-state index contributed by atoms with van der Waals surface area (Å²) in [5.41, 5.74) is 3.26. The molecule has 1 amide bonds. The number of ether oxygens (including phenoxy) is 3. The summed E-state index contributed by atoms with van der Waals surface area (Å²) in [4.78, 5) is 23.9. The number of methoxy groups -OCH3 is 1. The quantitative estimate of drug-likeness (QED) is 0.219. The monoisotopic (exact) mass is 525 g/mol. The maximum absolute atomic E-state index is 13.4. The van der Waals surface area contributed by atoms with Gasteiger partial charge in [-0.05, 0) is 61.0 Å². The van der Waals surface area contributed by atoms with Gasteiger partial charge in [-0.1, -0.05) is 30.3 Å². The van der Waals surface area contributed by atoms with E-state index in [1.165, 1.54) is 25.5 Å². The highest BCUT2D eigenvalue weighted by molar-refractivity contribution is 7.92. The largest absolute Gasteiger partial charge is 0.494 e. The molecule has 3 aromatic rings. The molecule has 3 rings (SSSR count). The topological polar surface area (TPSA) is 124 Å². The molecule has 0 aliphatic rings. The summed E-state index contributed by atoms with van der Waals surface area (Å²) in [6.07, 6.45) is 1.37. The van der Waals surface area contributed by atoms with Crippen LogP contribution in [-0.4, -0.2) is 53.4 Å². The average Bonchev–Trinajstić information content (AvgIpc) is 2.91. The Labute approximate surface area is 215 Å². The van der Waals surface area contributed by atoms with Crippen molar-refractivity contribution in [1.82, 2.24) is 5.43 Å². The summed E-state index contributed by atoms with van der Waals surface area (Å²) in [7, 11) is -2.80. The molecule has 0 saturated carbocycles. The standard InChI is InChI=1S/C26H27N3O7S/c1-3-35-22-12-14-24(15-13-22)37(32,33)29(21-9-5-4-6-10-21)18-25(30)28-27-17-20-8-7-11-23(16-20)36-19-26(31)34-2/h4-17H,3,18-19H2,1-2H3,(H,28,30)/b27-17-. The van der Waals surface area contributed by atoms with Crippen molar-refractivity contribution >= 4 is 33.8 Å². The van der Waals surface area contributed by atoms with Crippen molar-refractivity contribution in [3.05, 3.63) is 84.4 Å². The number of nitrogens with zero attached hydrogens (tertiary/aromatic N) is 2. The van der Waals surface area contributed by atoms with Crippen LogP contribution in [0.15, 0.2) is 88.9 Å². The van der Waals surface area contributed by atoms with Crippen LogP contribution in [-0.2, 0) is 24.3 Å². The molecule has 0 unspecified atom stereocenters. The van der Waals surface area contributed by atoms with Crippen molar-refractivity contribution in [3.63, 3.8) is 0 Å². The van der Waals surface area contributed by atoms with Gasteiger partial charge in [0, 0.05) is 0 Å². The molecule has 0 heterocycles. The second-order valence-electron chi connectivity index (χ2n) is 7.48. The van der Waals surface area contributed by atoms with Crippen LogP contribution in [0.2, 0.25) is 0 Å². The highest BCUT2D eigenvalue weighted by Gasteiger charge is 2.27. The number of hydrazone groups is 1. The lowest BCUT2D eigenvalue weighted by atomic mass is 10.2. The van der Waals surface area contributed by atoms with Gasteiger partial charge in [-0.2, -0.15) is 5.10 Å². The first-order valence-corrected chi connectivity index (χ1v) is 12.7. The molecule has 0 fully saturated rings. The van der Waals surface area contributed by atoms with Gasteiger partial charge in [-0.25, -0.2) is 18.6 Å². The lowest BCUT2D eigenvalue weighted by molar-refractivity contribution is -0.142. The van der Waals surface area contributed by atoms with Crippen LogP contribution in [0.3, 0.4) is 0 Å². The summed E-state index contributed by atoms with van der Waals surface area (Å²) in [5, 5.41) is 3.92. The van der Waals surface area contributed by atoms with Gasteiger partial charge >= 0.3 is 5.97 Å². The molecule has 37 heavy (non-hydrogen) atoms. The fourth-order valence-electron chi connectivity index (χ4n) is 3.14. The molecule has 0 radical (unpaired) electrons. The zero-order chi connectivity index (χ0) is 26.7. The van der Waals surface area contributed by atoms with Crippen molar-refractivity contribution in [2.75, 3.05) is 31.2 Å². The zero-order valence-electron chi connectivity index (χ0n) is 20.4. The van der Waals surface area contributed by atoms with E-state index in [1.54, 1.807) is 66.7 Å². The van der Waals surface area contributed by atoms with Gasteiger partial charge in [0.1, 0.15) is 18.0 Å². The van der Waals surface area contributed by atoms with Crippen LogP contribution in [0.25, 0.3) is 0 Å². The number of hydrogen-bond donors (Lipinski definition) is 1. The van der Waals surface area contributed by atoms with Gasteiger partial charge in [-0.3, -0.25) is 9.10 Å². The third-order valence-corrected chi connectivity index (χ3v) is 6.69. The van der Waals surface area contributed by atoms with Crippen molar-refractivity contribution in [1.29, 1.82) is 0 Å². The third kappa shape index (κ3) is 7.80. The maximum atomic E-state index is 13.4. The number of carbonyl (C=O) groups excluding carboxylic acids is 2. The molecule has 10 nitrogen and oxygen atoms in total. The molecular weight excluding hydrogens is 498 g/mol. The molecule has 194 valence electrons. The van der Waals surface area contributed by atoms with Gasteiger partial charge in [0.05, 0.1) is 30.5 Å². The zero-order valence-corrected chi connectivity index (χ0v) is 21.2. The molecule has 0 aromatic heterocycles. The number of carbonyl (C=O) groups is 2. The Bertz CT molecular complexity index is 1330. The van der Waals surface area contributed by atoms with E-state index >= 15 is 0 Å². The fourth-order valence-corrected chi connectivity index (χ4v) is 4.56. The van der Waals surface area contributed by atoms with Crippen molar-refractivity contribution in [2.45, 2.75) is 11.8 Å². The molecule has 0 bridgehead atoms. The summed E-state index contributed by atoms with van der Waals surface area (Å²) in [5.74, 6) is -0.209. The molecular formula is C26H27N3O7S. The molecule has 1 N–H and O–H groups in total. The van der Waals surface area contributed by atoms with E-state index in [1.807, 2.05) is 6.92 Å². The van der Waals surface area contributed by atoms with Crippen LogP contribution < -0.4 is 19.2 Å². The second kappa shape index (κ2) is 13.1. The predicted octanol–water partition coefficient (Wildman–Crippen LogP) is 2.98. The van der Waals surface area contributed by atoms with Crippen molar-refractivity contribution in [3.8, 4) is 11.5 Å². The van der Waals surface area contributed by atoms with Gasteiger partial charge in [0.2, 0.25) is 0 Å². The van der Waals surface area contributed by atoms with Crippen molar-refractivity contribution in [2.24, 2.45) is 5.10 Å². The molecule has 0 atom stereocenters. The van der Waals surface area contributed by atoms with E-state index in [2.05, 4.69) is 15.3 Å². The summed E-state index contributed by atoms with van der Waals surface area (Å²) >= 11 is 0. The molecule has 0 saturated heterocycles. The number of esters is 1. The highest BCUT2D eigenvalue weighted by Crippen LogP contribution is 2.25. The Morgan fingerprint density at radius 1 is 0.946 bits per heavy atom. The summed E-state index contributed by atoms with van der Waals surface area (Å²) in [6.45, 7) is 1.54. The number of amides is 1. The van der Waals surface area contributed by atoms with Crippen LogP contribution in [0.5, 0.6) is 11.5 Å². The van der Waals surface area contributed by atoms with E-state index in [-0.39, 0.29) is 11.5 Å². The number of sulfonamides is 1. The fraction of sp³-hybridized carbons (Fsp3) is 0.192. The Kier molecular flexibility index (Phi) is 9.61. The minimum absolute atomic E-state index is 0.0138. The lowest BCUT2D eigenvalue weighted by Gasteiger charge is -2.23. The Balaban J connectivity index is 1.72. The number of rotatable bonds is 12. The Morgan fingerprint density at radius 2 is 1.68 bits per heavy atom. The molecule has 0 spiro atoms. The molecule has 3 aromatic carbocycles. The van der Waals surface area contributed by atoms with E-state index in [9.17, 15) is 18.0 Å².